The fourth-order valence-corrected chi connectivity index (χ4v) is 3.87. The first-order valence-corrected chi connectivity index (χ1v) is 7.65. The van der Waals surface area contributed by atoms with Crippen molar-refractivity contribution in [2.75, 3.05) is 0 Å². The van der Waals surface area contributed by atoms with Crippen LogP contribution in [0.15, 0.2) is 71.6 Å². The van der Waals surface area contributed by atoms with E-state index in [4.69, 9.17) is 0 Å². The molecule has 0 N–H and O–H groups in total. The van der Waals surface area contributed by atoms with Gasteiger partial charge < -0.3 is 0 Å². The van der Waals surface area contributed by atoms with Crippen LogP contribution in [0.3, 0.4) is 0 Å². The third-order valence-corrected chi connectivity index (χ3v) is 4.88. The van der Waals surface area contributed by atoms with Crippen LogP contribution in [0.4, 0.5) is 0 Å². The molecule has 0 aliphatic carbocycles. The maximum Gasteiger partial charge on any atom is 0.0359 e. The largest absolute Gasteiger partial charge is 0.238 e. The highest BCUT2D eigenvalue weighted by atomic mass is 32.2. The lowest BCUT2D eigenvalue weighted by Crippen LogP contribution is -2.09. The molecule has 1 aliphatic rings. The fraction of sp³-hybridized carbons (Fsp3) is 0.111. The third-order valence-electron chi connectivity index (χ3n) is 3.77. The van der Waals surface area contributed by atoms with E-state index in [1.165, 1.54) is 26.8 Å². The zero-order valence-electron chi connectivity index (χ0n) is 11.1. The summed E-state index contributed by atoms with van der Waals surface area (Å²) < 4.78 is 2.44. The summed E-state index contributed by atoms with van der Waals surface area (Å²) in [6.45, 7) is 2.02. The van der Waals surface area contributed by atoms with Crippen LogP contribution in [0.2, 0.25) is 0 Å². The topological polar surface area (TPSA) is 3.24 Å². The molecule has 4 rings (SSSR count). The van der Waals surface area contributed by atoms with Crippen molar-refractivity contribution < 1.29 is 0 Å². The van der Waals surface area contributed by atoms with Gasteiger partial charge in [-0.15, -0.1) is 0 Å². The quantitative estimate of drug-likeness (QED) is 0.615. The molecule has 0 saturated carbocycles. The Bertz CT molecular complexity index is 736. The molecule has 0 aromatic heterocycles. The highest BCUT2D eigenvalue weighted by Gasteiger charge is 2.19. The maximum absolute atomic E-state index is 2.44. The Hall–Kier alpha value is -1.77. The predicted molar refractivity (Wildman–Crippen MR) is 85.5 cm³/mol. The van der Waals surface area contributed by atoms with Gasteiger partial charge in [0.25, 0.3) is 0 Å². The summed E-state index contributed by atoms with van der Waals surface area (Å²) in [5.41, 5.74) is 2.85. The molecule has 3 aromatic rings. The van der Waals surface area contributed by atoms with Crippen molar-refractivity contribution in [3.05, 3.63) is 77.9 Å². The van der Waals surface area contributed by atoms with Gasteiger partial charge in [-0.25, -0.2) is 4.31 Å². The fourth-order valence-electron chi connectivity index (χ4n) is 2.79. The molecule has 0 saturated heterocycles. The Morgan fingerprint density at radius 1 is 0.850 bits per heavy atom. The average Bonchev–Trinajstić information content (AvgIpc) is 2.90. The summed E-state index contributed by atoms with van der Waals surface area (Å²) in [6, 6.07) is 23.9. The molecule has 98 valence electrons. The van der Waals surface area contributed by atoms with E-state index < -0.39 is 0 Å². The molecule has 0 atom stereocenters. The number of fused-ring (bicyclic) bond motifs is 2. The minimum atomic E-state index is 0.987. The first-order valence-electron chi connectivity index (χ1n) is 6.87. The van der Waals surface area contributed by atoms with Crippen molar-refractivity contribution in [2.45, 2.75) is 18.0 Å². The van der Waals surface area contributed by atoms with Crippen LogP contribution in [0.25, 0.3) is 10.8 Å². The maximum atomic E-state index is 2.44. The van der Waals surface area contributed by atoms with Crippen LogP contribution in [0, 0.1) is 0 Å². The lowest BCUT2D eigenvalue weighted by Gasteiger charge is -2.15. The zero-order chi connectivity index (χ0) is 13.4. The lowest BCUT2D eigenvalue weighted by molar-refractivity contribution is 0.477. The molecular weight excluding hydrogens is 262 g/mol. The van der Waals surface area contributed by atoms with Crippen LogP contribution in [-0.2, 0) is 13.1 Å². The minimum absolute atomic E-state index is 0.987. The van der Waals surface area contributed by atoms with Crippen LogP contribution >= 0.6 is 11.9 Å². The van der Waals surface area contributed by atoms with Crippen LogP contribution in [0.5, 0.6) is 0 Å². The molecule has 0 bridgehead atoms. The summed E-state index contributed by atoms with van der Waals surface area (Å²) in [5, 5.41) is 2.69. The summed E-state index contributed by atoms with van der Waals surface area (Å²) >= 11 is 1.87. The van der Waals surface area contributed by atoms with E-state index in [9.17, 15) is 0 Å². The van der Waals surface area contributed by atoms with Gasteiger partial charge in [0.2, 0.25) is 0 Å². The van der Waals surface area contributed by atoms with E-state index in [0.29, 0.717) is 0 Å². The van der Waals surface area contributed by atoms with Crippen LogP contribution in [-0.4, -0.2) is 4.31 Å². The van der Waals surface area contributed by atoms with E-state index >= 15 is 0 Å². The number of nitrogens with zero attached hydrogens (tertiary/aromatic N) is 1. The van der Waals surface area contributed by atoms with Gasteiger partial charge in [-0.05, 0) is 39.9 Å². The van der Waals surface area contributed by atoms with E-state index in [-0.39, 0.29) is 0 Å². The van der Waals surface area contributed by atoms with Gasteiger partial charge in [0.05, 0.1) is 0 Å². The van der Waals surface area contributed by atoms with Gasteiger partial charge in [-0.3, -0.25) is 0 Å². The van der Waals surface area contributed by atoms with E-state index in [1.54, 1.807) is 0 Å². The van der Waals surface area contributed by atoms with Crippen molar-refractivity contribution in [3.63, 3.8) is 0 Å². The molecule has 1 nitrogen and oxygen atoms in total. The second-order valence-electron chi connectivity index (χ2n) is 5.14. The summed E-state index contributed by atoms with van der Waals surface area (Å²) in [4.78, 5) is 1.40. The normalized spacial score (nSPS) is 14.6. The predicted octanol–water partition coefficient (Wildman–Crippen LogP) is 4.86. The van der Waals surface area contributed by atoms with Gasteiger partial charge in [-0.1, -0.05) is 60.7 Å². The molecular formula is C18H15NS. The molecule has 1 heterocycles. The number of hydrogen-bond acceptors (Lipinski definition) is 2. The lowest BCUT2D eigenvalue weighted by atomic mass is 10.0. The average molecular weight is 277 g/mol. The van der Waals surface area contributed by atoms with Crippen molar-refractivity contribution >= 4 is 22.7 Å². The molecule has 2 heteroatoms. The first kappa shape index (κ1) is 12.0. The highest BCUT2D eigenvalue weighted by molar-refractivity contribution is 7.97. The molecule has 0 spiro atoms. The molecule has 0 radical (unpaired) electrons. The Morgan fingerprint density at radius 3 is 2.60 bits per heavy atom. The zero-order valence-corrected chi connectivity index (χ0v) is 11.9. The smallest absolute Gasteiger partial charge is 0.0359 e. The minimum Gasteiger partial charge on any atom is -0.238 e. The Morgan fingerprint density at radius 2 is 1.65 bits per heavy atom. The van der Waals surface area contributed by atoms with Gasteiger partial charge in [0.1, 0.15) is 0 Å². The first-order chi connectivity index (χ1) is 9.90. The SMILES string of the molecule is c1ccc2c(c1)CN(Cc1cccc3ccccc13)S2. The van der Waals surface area contributed by atoms with Crippen molar-refractivity contribution in [1.29, 1.82) is 0 Å². The molecule has 1 aliphatic heterocycles. The summed E-state index contributed by atoms with van der Waals surface area (Å²) in [5.74, 6) is 0. The Kier molecular flexibility index (Phi) is 2.98. The van der Waals surface area contributed by atoms with Crippen LogP contribution in [0.1, 0.15) is 11.1 Å². The van der Waals surface area contributed by atoms with E-state index in [2.05, 4.69) is 71.0 Å². The van der Waals surface area contributed by atoms with Crippen molar-refractivity contribution in [1.82, 2.24) is 4.31 Å². The third kappa shape index (κ3) is 2.11. The Labute approximate surface area is 123 Å². The second-order valence-corrected chi connectivity index (χ2v) is 6.27. The highest BCUT2D eigenvalue weighted by Crippen LogP contribution is 2.37. The van der Waals surface area contributed by atoms with Crippen molar-refractivity contribution in [2.24, 2.45) is 0 Å². The Balaban J connectivity index is 1.64. The van der Waals surface area contributed by atoms with E-state index in [0.717, 1.165) is 13.1 Å². The molecule has 3 aromatic carbocycles. The van der Waals surface area contributed by atoms with Gasteiger partial charge in [0.15, 0.2) is 0 Å². The summed E-state index contributed by atoms with van der Waals surface area (Å²) in [6.07, 6.45) is 0. The molecule has 0 fully saturated rings. The van der Waals surface area contributed by atoms with E-state index in [1.807, 2.05) is 11.9 Å². The molecule has 0 unspecified atom stereocenters. The van der Waals surface area contributed by atoms with Crippen LogP contribution < -0.4 is 0 Å². The second kappa shape index (κ2) is 4.97. The molecule has 20 heavy (non-hydrogen) atoms. The van der Waals surface area contributed by atoms with Gasteiger partial charge >= 0.3 is 0 Å². The standard InChI is InChI=1S/C18H15NS/c1-3-10-17-14(6-1)8-5-9-15(17)12-19-13-16-7-2-4-11-18(16)20-19/h1-11H,12-13H2. The number of rotatable bonds is 2. The van der Waals surface area contributed by atoms with Crippen molar-refractivity contribution in [3.8, 4) is 0 Å². The number of hydrogen-bond donors (Lipinski definition) is 0. The van der Waals surface area contributed by atoms with Gasteiger partial charge in [-0.2, -0.15) is 0 Å². The monoisotopic (exact) mass is 277 g/mol. The molecule has 0 amide bonds. The number of benzene rings is 3. The summed E-state index contributed by atoms with van der Waals surface area (Å²) in [7, 11) is 0. The van der Waals surface area contributed by atoms with Gasteiger partial charge in [0, 0.05) is 18.0 Å².